The van der Waals surface area contributed by atoms with Crippen LogP contribution in [0.2, 0.25) is 0 Å². The Balaban J connectivity index is 0.000000165. The van der Waals surface area contributed by atoms with E-state index in [9.17, 15) is 60.3 Å². The molecule has 0 unspecified atom stereocenters. The summed E-state index contributed by atoms with van der Waals surface area (Å²) in [6.07, 6.45) is 12.9. The summed E-state index contributed by atoms with van der Waals surface area (Å²) < 4.78 is 65.1. The number of H-pyrrole nitrogens is 1. The van der Waals surface area contributed by atoms with Gasteiger partial charge in [-0.1, -0.05) is 23.4 Å². The van der Waals surface area contributed by atoms with Gasteiger partial charge in [-0.2, -0.15) is 0 Å². The van der Waals surface area contributed by atoms with Crippen molar-refractivity contribution in [3.8, 4) is 0 Å². The molecule has 11 aromatic carbocycles. The van der Waals surface area contributed by atoms with Gasteiger partial charge in [0.15, 0.2) is 33.1 Å². The minimum atomic E-state index is -0.914. The number of nitrogens with one attached hydrogen (secondary N) is 4. The predicted octanol–water partition coefficient (Wildman–Crippen LogP) is 18.7. The molecule has 149 heavy (non-hydrogen) atoms. The average Bonchev–Trinajstić information content (AvgIpc) is 1.65. The Morgan fingerprint density at radius 3 is 1.17 bits per heavy atom. The van der Waals surface area contributed by atoms with E-state index in [-0.39, 0.29) is 107 Å². The van der Waals surface area contributed by atoms with Gasteiger partial charge < -0.3 is 76.4 Å². The maximum atomic E-state index is 13.3. The van der Waals surface area contributed by atoms with Gasteiger partial charge in [0, 0.05) is 228 Å². The molecule has 0 saturated carbocycles. The van der Waals surface area contributed by atoms with E-state index >= 15 is 0 Å². The van der Waals surface area contributed by atoms with Crippen LogP contribution in [0.25, 0.3) is 10.9 Å². The molecule has 3 aromatic heterocycles. The maximum absolute atomic E-state index is 13.3. The minimum absolute atomic E-state index is 0. The first-order chi connectivity index (χ1) is 69.9. The first-order valence-electron chi connectivity index (χ1n) is 48.0. The van der Waals surface area contributed by atoms with E-state index in [1.54, 1.807) is 113 Å². The summed E-state index contributed by atoms with van der Waals surface area (Å²) in [5.74, 6) is -1.26. The monoisotopic (exact) mass is 2120 g/mol. The van der Waals surface area contributed by atoms with Gasteiger partial charge in [-0.25, -0.2) is 36.7 Å². The van der Waals surface area contributed by atoms with Crippen LogP contribution in [0, 0.1) is 40.9 Å². The molecule has 772 valence electrons. The Kier molecular flexibility index (Phi) is 41.8. The smallest absolute Gasteiger partial charge is 0.870 e. The second kappa shape index (κ2) is 54.1. The standard InChI is InChI=1S/C27H27FN4O2S.2C16H14FNO.C15H12FNO2.C11H16N4OS.C10H11NO.C10H9NO.C6H4BrF.C2H4O2.CH4.Li.2H2O/c28-22-2-4-23(5-3-22)32-11-8-20-14-21(1-6-24(20)32)26(33)31-16-19(17-31)13-18-7-10-30(15-18)27(34)25-29-9-12-35-25;2*1-11(19)12-2-7-16-13(10-12)8-9-18(16)15-5-3-14(17)4-6-15;16-12-2-4-13(5-3-12)17-8-7-10-9-11(15(18)19)1-6-14(10)17;16-11(10-13-2-4-17-10)15-3-1-8(7-15)14-9-5-12-6-9;2*1-7(12)8-2-3-10-9(6-8)4-5-11-10;7-5-1-3-6(8)4-2-5;1-2(3)4;;;;/h1-6,9,12,14,18-19H,7-8,10-11,13,15-17H2;2*2-7,10H,8-9H2,1H3;1-6,9H,7-8H2,(H,18,19);2,4,8-9,12,14H,1,3,5-7H2;2-3,6,11H,4-5H2,1H3;2-6,11H,1H3;1-4H;1H3,(H,3,4);1H4;;2*1H2/q;;;;;;;;;;+1;;/p-1/t18-;;;;8-;;;;;;;;/m1...0......../s1. The molecule has 9 aliphatic rings. The van der Waals surface area contributed by atoms with Gasteiger partial charge in [0.2, 0.25) is 0 Å². The molecule has 0 bridgehead atoms. The number of aromatic amines is 1. The molecular formula is C114H118BrF5LiN13O13S2. The normalized spacial score (nSPS) is 15.2. The number of nitrogens with zero attached hydrogens (tertiary/aromatic N) is 9. The number of likely N-dealkylation sites (tertiary alicyclic amines) is 3. The number of halogens is 6. The number of anilines is 9. The number of carbonyl (C=O) groups is 9. The third-order valence-corrected chi connectivity index (χ3v) is 28.2. The molecule has 12 heterocycles. The Morgan fingerprint density at radius 1 is 0.409 bits per heavy atom. The molecule has 23 rings (SSSR count). The largest absolute Gasteiger partial charge is 1.00 e. The van der Waals surface area contributed by atoms with Crippen molar-refractivity contribution in [1.29, 1.82) is 0 Å². The summed E-state index contributed by atoms with van der Waals surface area (Å²) in [5, 5.41) is 32.4. The number of aromatic nitrogens is 3. The summed E-state index contributed by atoms with van der Waals surface area (Å²) in [6, 6.07) is 69.2. The summed E-state index contributed by atoms with van der Waals surface area (Å²) in [7, 11) is 0. The Bertz CT molecular complexity index is 6660. The fraction of sp³-hybridized carbons (Fsp3) is 0.272. The van der Waals surface area contributed by atoms with E-state index in [0.29, 0.717) is 39.5 Å². The van der Waals surface area contributed by atoms with Gasteiger partial charge in [-0.15, -0.1) is 22.7 Å². The van der Waals surface area contributed by atoms with Crippen LogP contribution in [-0.2, 0) is 36.9 Å². The molecule has 35 heteroatoms. The number of carbonyl (C=O) groups excluding carboxylic acids is 7. The van der Waals surface area contributed by atoms with E-state index in [1.165, 1.54) is 106 Å². The van der Waals surface area contributed by atoms with Crippen molar-refractivity contribution in [2.45, 2.75) is 105 Å². The van der Waals surface area contributed by atoms with E-state index in [2.05, 4.69) is 66.4 Å². The Hall–Kier alpha value is -14.2. The SMILES string of the molecule is C.CC(=O)O.CC(=O)c1ccc2[nH]ccc2c1.CC(=O)c1ccc2c(c1)CCN2.CC(=O)c1ccc2c(c1)CCN2c1ccc(F)cc1.CC(=O)c1ccc2c(c1)CCN2c1ccc(F)cc1.Fc1ccc(Br)cc1.O.O=C(O)c1ccc2c(c1)CCN2c1ccc(F)cc1.O=C(c1ccc2c(c1)CCN2c1ccc(F)cc1)N1CC(C[C@H]2CCN(C(=O)c3nccs3)C2)C1.O=C(c1nccs1)N1CC[C@H](NC2CNC2)C1.[Li+].[OH-]. The number of hydrogen-bond donors (Lipinski definition) is 6. The number of Topliss-reactive ketones (excluding diaryl/α,β-unsaturated/α-hetero) is 4. The van der Waals surface area contributed by atoms with E-state index in [4.69, 9.17) is 15.0 Å². The Morgan fingerprint density at radius 2 is 0.772 bits per heavy atom. The van der Waals surface area contributed by atoms with Crippen LogP contribution in [0.3, 0.4) is 0 Å². The molecule has 0 aliphatic carbocycles. The van der Waals surface area contributed by atoms with Crippen molar-refractivity contribution >= 4 is 153 Å². The van der Waals surface area contributed by atoms with Crippen LogP contribution >= 0.6 is 38.6 Å². The van der Waals surface area contributed by atoms with Crippen molar-refractivity contribution in [2.75, 3.05) is 110 Å². The first-order valence-corrected chi connectivity index (χ1v) is 50.5. The van der Waals surface area contributed by atoms with Crippen LogP contribution < -0.4 is 54.4 Å². The molecule has 3 amide bonds. The number of rotatable bonds is 16. The van der Waals surface area contributed by atoms with Crippen LogP contribution in [0.1, 0.15) is 171 Å². The van der Waals surface area contributed by atoms with Crippen molar-refractivity contribution in [3.63, 3.8) is 0 Å². The number of aliphatic carboxylic acids is 1. The number of carboxylic acids is 2. The number of ketones is 4. The minimum Gasteiger partial charge on any atom is -0.870 e. The second-order valence-electron chi connectivity index (χ2n) is 36.4. The van der Waals surface area contributed by atoms with Gasteiger partial charge in [-0.3, -0.25) is 38.4 Å². The van der Waals surface area contributed by atoms with E-state index < -0.39 is 11.9 Å². The predicted molar refractivity (Wildman–Crippen MR) is 574 cm³/mol. The second-order valence-corrected chi connectivity index (χ2v) is 39.1. The van der Waals surface area contributed by atoms with Gasteiger partial charge in [0.05, 0.1) is 5.56 Å². The van der Waals surface area contributed by atoms with Crippen molar-refractivity contribution in [2.24, 2.45) is 11.8 Å². The Labute approximate surface area is 890 Å². The summed E-state index contributed by atoms with van der Waals surface area (Å²) >= 11 is 5.99. The average molecular weight is 2120 g/mol. The number of aromatic carboxylic acids is 1. The maximum Gasteiger partial charge on any atom is 1.00 e. The zero-order chi connectivity index (χ0) is 102. The van der Waals surface area contributed by atoms with Gasteiger partial charge >= 0.3 is 24.8 Å². The van der Waals surface area contributed by atoms with Crippen LogP contribution in [0.15, 0.2) is 270 Å². The molecular weight excluding hydrogens is 2010 g/mol. The number of amides is 3. The van der Waals surface area contributed by atoms with Crippen LogP contribution in [0.5, 0.6) is 0 Å². The quantitative estimate of drug-likeness (QED) is 0.0297. The van der Waals surface area contributed by atoms with Crippen molar-refractivity contribution < 1.29 is 105 Å². The number of benzene rings is 11. The van der Waals surface area contributed by atoms with Gasteiger partial charge in [-0.05, 0) is 355 Å². The topological polar surface area (TPSA) is 356 Å². The molecule has 0 spiro atoms. The van der Waals surface area contributed by atoms with Crippen LogP contribution in [-0.4, -0.2) is 201 Å². The van der Waals surface area contributed by atoms with Gasteiger partial charge in [0.1, 0.15) is 29.1 Å². The zero-order valence-electron chi connectivity index (χ0n) is 82.7. The van der Waals surface area contributed by atoms with Crippen LogP contribution in [0.4, 0.5) is 73.1 Å². The first kappa shape index (κ1) is 115. The third-order valence-electron chi connectivity index (χ3n) is 26.2. The summed E-state index contributed by atoms with van der Waals surface area (Å²) in [4.78, 5) is 128. The molecule has 0 radical (unpaired) electrons. The van der Waals surface area contributed by atoms with E-state index in [0.717, 1.165) is 243 Å². The summed E-state index contributed by atoms with van der Waals surface area (Å²) in [5.41, 5.74) is 20.3. The number of hydrogen-bond acceptors (Lipinski definition) is 21. The fourth-order valence-corrected chi connectivity index (χ4v) is 20.1. The fourth-order valence-electron chi connectivity index (χ4n) is 18.6. The molecule has 14 aromatic rings. The molecule has 2 atom stereocenters. The number of fused-ring (bicyclic) bond motifs is 6. The van der Waals surface area contributed by atoms with Gasteiger partial charge in [0.25, 0.3) is 23.7 Å². The number of carboxylic acid groups (broad SMARTS) is 2. The molecule has 26 nitrogen and oxygen atoms in total. The van der Waals surface area contributed by atoms with Crippen molar-refractivity contribution in [3.05, 3.63) is 371 Å². The third kappa shape index (κ3) is 30.6. The zero-order valence-corrected chi connectivity index (χ0v) is 85.9. The van der Waals surface area contributed by atoms with E-state index in [1.807, 2.05) is 135 Å². The van der Waals surface area contributed by atoms with Crippen molar-refractivity contribution in [1.82, 2.24) is 40.3 Å². The molecule has 4 fully saturated rings. The molecule has 9 N–H and O–H groups in total. The summed E-state index contributed by atoms with van der Waals surface area (Å²) in [6.45, 7) is 18.7. The molecule has 9 aliphatic heterocycles. The number of thiazole rings is 2. The molecule has 4 saturated heterocycles.